The van der Waals surface area contributed by atoms with Crippen molar-refractivity contribution in [1.82, 2.24) is 4.72 Å². The molecule has 1 saturated carbocycles. The van der Waals surface area contributed by atoms with E-state index in [1.807, 2.05) is 0 Å². The fourth-order valence-corrected chi connectivity index (χ4v) is 4.42. The van der Waals surface area contributed by atoms with Crippen LogP contribution in [-0.2, 0) is 14.8 Å². The van der Waals surface area contributed by atoms with E-state index in [9.17, 15) is 8.42 Å². The molecule has 0 bridgehead atoms. The standard InChI is InChI=1S/C12H24BrNO3S/c1-17-7-4-8-18(15,16)14-10-12-6-3-2-5-11(12)9-13/h11-12,14H,2-10H2,1H3. The fourth-order valence-electron chi connectivity index (χ4n) is 2.46. The predicted molar refractivity (Wildman–Crippen MR) is 77.5 cm³/mol. The van der Waals surface area contributed by atoms with E-state index >= 15 is 0 Å². The van der Waals surface area contributed by atoms with E-state index in [2.05, 4.69) is 20.7 Å². The van der Waals surface area contributed by atoms with Crippen LogP contribution in [0.2, 0.25) is 0 Å². The van der Waals surface area contributed by atoms with Crippen molar-refractivity contribution in [3.63, 3.8) is 0 Å². The van der Waals surface area contributed by atoms with Gasteiger partial charge in [0.05, 0.1) is 5.75 Å². The number of alkyl halides is 1. The Kier molecular flexibility index (Phi) is 7.75. The molecule has 108 valence electrons. The molecule has 0 amide bonds. The zero-order chi connectivity index (χ0) is 13.4. The van der Waals surface area contributed by atoms with Gasteiger partial charge in [-0.1, -0.05) is 28.8 Å². The lowest BCUT2D eigenvalue weighted by Gasteiger charge is -2.30. The number of hydrogen-bond donors (Lipinski definition) is 1. The monoisotopic (exact) mass is 341 g/mol. The highest BCUT2D eigenvalue weighted by Gasteiger charge is 2.25. The summed E-state index contributed by atoms with van der Waals surface area (Å²) in [6.07, 6.45) is 5.39. The zero-order valence-corrected chi connectivity index (χ0v) is 13.4. The normalized spacial score (nSPS) is 25.2. The number of hydrogen-bond acceptors (Lipinski definition) is 3. The topological polar surface area (TPSA) is 55.4 Å². The van der Waals surface area contributed by atoms with Crippen LogP contribution in [0.15, 0.2) is 0 Å². The zero-order valence-electron chi connectivity index (χ0n) is 11.0. The molecule has 1 aliphatic carbocycles. The molecule has 1 N–H and O–H groups in total. The van der Waals surface area contributed by atoms with Crippen LogP contribution in [0.3, 0.4) is 0 Å². The quantitative estimate of drug-likeness (QED) is 0.543. The number of methoxy groups -OCH3 is 1. The van der Waals surface area contributed by atoms with Crippen molar-refractivity contribution in [3.05, 3.63) is 0 Å². The van der Waals surface area contributed by atoms with Crippen molar-refractivity contribution in [2.75, 3.05) is 31.3 Å². The summed E-state index contributed by atoms with van der Waals surface area (Å²) >= 11 is 3.53. The molecule has 2 unspecified atom stereocenters. The fraction of sp³-hybridized carbons (Fsp3) is 1.00. The lowest BCUT2D eigenvalue weighted by atomic mass is 9.80. The van der Waals surface area contributed by atoms with Gasteiger partial charge in [0.25, 0.3) is 0 Å². The second-order valence-corrected chi connectivity index (χ2v) is 7.55. The van der Waals surface area contributed by atoms with Crippen molar-refractivity contribution in [3.8, 4) is 0 Å². The summed E-state index contributed by atoms with van der Waals surface area (Å²) in [7, 11) is -1.54. The first-order valence-corrected chi connectivity index (χ1v) is 9.38. The van der Waals surface area contributed by atoms with Gasteiger partial charge in [-0.25, -0.2) is 13.1 Å². The van der Waals surface area contributed by atoms with Gasteiger partial charge in [-0.3, -0.25) is 0 Å². The van der Waals surface area contributed by atoms with Gasteiger partial charge in [-0.2, -0.15) is 0 Å². The van der Waals surface area contributed by atoms with Gasteiger partial charge in [0.2, 0.25) is 10.0 Å². The Morgan fingerprint density at radius 2 is 1.94 bits per heavy atom. The maximum Gasteiger partial charge on any atom is 0.211 e. The summed E-state index contributed by atoms with van der Waals surface area (Å²) in [5, 5.41) is 0.975. The first-order valence-electron chi connectivity index (χ1n) is 6.61. The Balaban J connectivity index is 2.33. The SMILES string of the molecule is COCCCS(=O)(=O)NCC1CCCCC1CBr. The number of sulfonamides is 1. The smallest absolute Gasteiger partial charge is 0.211 e. The lowest BCUT2D eigenvalue weighted by Crippen LogP contribution is -2.36. The highest BCUT2D eigenvalue weighted by Crippen LogP contribution is 2.30. The van der Waals surface area contributed by atoms with E-state index in [-0.39, 0.29) is 5.75 Å². The molecule has 2 atom stereocenters. The molecular weight excluding hydrogens is 318 g/mol. The maximum atomic E-state index is 11.8. The first kappa shape index (κ1) is 16.4. The molecule has 6 heteroatoms. The van der Waals surface area contributed by atoms with Crippen LogP contribution in [0.4, 0.5) is 0 Å². The van der Waals surface area contributed by atoms with Crippen LogP contribution in [0.5, 0.6) is 0 Å². The van der Waals surface area contributed by atoms with Gasteiger partial charge in [-0.15, -0.1) is 0 Å². The van der Waals surface area contributed by atoms with Crippen molar-refractivity contribution in [1.29, 1.82) is 0 Å². The molecule has 0 radical (unpaired) electrons. The van der Waals surface area contributed by atoms with Crippen LogP contribution in [0, 0.1) is 11.8 Å². The molecule has 18 heavy (non-hydrogen) atoms. The number of ether oxygens (including phenoxy) is 1. The van der Waals surface area contributed by atoms with Crippen molar-refractivity contribution in [2.45, 2.75) is 32.1 Å². The summed E-state index contributed by atoms with van der Waals surface area (Å²) in [6.45, 7) is 1.08. The van der Waals surface area contributed by atoms with E-state index < -0.39 is 10.0 Å². The summed E-state index contributed by atoms with van der Waals surface area (Å²) in [6, 6.07) is 0. The van der Waals surface area contributed by atoms with Crippen LogP contribution >= 0.6 is 15.9 Å². The molecule has 0 aromatic heterocycles. The van der Waals surface area contributed by atoms with Crippen molar-refractivity contribution < 1.29 is 13.2 Å². The van der Waals surface area contributed by atoms with E-state index in [4.69, 9.17) is 4.74 Å². The van der Waals surface area contributed by atoms with Crippen LogP contribution < -0.4 is 4.72 Å². The molecule has 0 spiro atoms. The molecule has 0 aromatic rings. The highest BCUT2D eigenvalue weighted by atomic mass is 79.9. The molecule has 1 rings (SSSR count). The average molecular weight is 342 g/mol. The highest BCUT2D eigenvalue weighted by molar-refractivity contribution is 9.09. The minimum Gasteiger partial charge on any atom is -0.385 e. The molecule has 0 heterocycles. The van der Waals surface area contributed by atoms with Crippen LogP contribution in [0.1, 0.15) is 32.1 Å². The van der Waals surface area contributed by atoms with Crippen molar-refractivity contribution in [2.24, 2.45) is 11.8 Å². The van der Waals surface area contributed by atoms with Crippen molar-refractivity contribution >= 4 is 26.0 Å². The summed E-state index contributed by atoms with van der Waals surface area (Å²) < 4.78 is 31.1. The minimum atomic E-state index is -3.13. The molecular formula is C12H24BrNO3S. The average Bonchev–Trinajstić information content (AvgIpc) is 2.37. The van der Waals surface area contributed by atoms with E-state index in [0.717, 1.165) is 11.8 Å². The van der Waals surface area contributed by atoms with Crippen LogP contribution in [-0.4, -0.2) is 39.8 Å². The number of rotatable bonds is 8. The number of halogens is 1. The summed E-state index contributed by atoms with van der Waals surface area (Å²) in [5.74, 6) is 1.25. The third-order valence-electron chi connectivity index (χ3n) is 3.59. The van der Waals surface area contributed by atoms with E-state index in [1.54, 1.807) is 7.11 Å². The van der Waals surface area contributed by atoms with E-state index in [0.29, 0.717) is 31.4 Å². The van der Waals surface area contributed by atoms with Gasteiger partial charge in [0, 0.05) is 25.6 Å². The number of nitrogens with one attached hydrogen (secondary N) is 1. The Labute approximate surface area is 119 Å². The molecule has 1 fully saturated rings. The molecule has 1 aliphatic rings. The molecule has 4 nitrogen and oxygen atoms in total. The molecule has 0 aliphatic heterocycles. The molecule has 0 saturated heterocycles. The Morgan fingerprint density at radius 1 is 1.28 bits per heavy atom. The first-order chi connectivity index (χ1) is 8.59. The van der Waals surface area contributed by atoms with Crippen LogP contribution in [0.25, 0.3) is 0 Å². The Morgan fingerprint density at radius 3 is 2.56 bits per heavy atom. The largest absolute Gasteiger partial charge is 0.385 e. The maximum absolute atomic E-state index is 11.8. The second-order valence-electron chi connectivity index (χ2n) is 4.97. The summed E-state index contributed by atoms with van der Waals surface area (Å²) in [4.78, 5) is 0. The molecule has 0 aromatic carbocycles. The lowest BCUT2D eigenvalue weighted by molar-refractivity contribution is 0.199. The van der Waals surface area contributed by atoms with Gasteiger partial charge in [-0.05, 0) is 31.1 Å². The van der Waals surface area contributed by atoms with Gasteiger partial charge < -0.3 is 4.74 Å². The van der Waals surface area contributed by atoms with Gasteiger partial charge >= 0.3 is 0 Å². The Hall–Kier alpha value is 0.350. The van der Waals surface area contributed by atoms with Gasteiger partial charge in [0.15, 0.2) is 0 Å². The van der Waals surface area contributed by atoms with Gasteiger partial charge in [0.1, 0.15) is 0 Å². The minimum absolute atomic E-state index is 0.159. The van der Waals surface area contributed by atoms with E-state index in [1.165, 1.54) is 19.3 Å². The second kappa shape index (κ2) is 8.51. The third kappa shape index (κ3) is 5.99. The predicted octanol–water partition coefficient (Wildman–Crippen LogP) is 2.14. The Bertz CT molecular complexity index is 321. The third-order valence-corrected chi connectivity index (χ3v) is 5.86. The summed E-state index contributed by atoms with van der Waals surface area (Å²) in [5.41, 5.74) is 0.